The normalized spacial score (nSPS) is 10.6. The Morgan fingerprint density at radius 3 is 2.79 bits per heavy atom. The lowest BCUT2D eigenvalue weighted by Gasteiger charge is -2.08. The lowest BCUT2D eigenvalue weighted by Crippen LogP contribution is -2.14. The van der Waals surface area contributed by atoms with Crippen LogP contribution < -0.4 is 5.32 Å². The third-order valence-corrected chi connectivity index (χ3v) is 3.73. The van der Waals surface area contributed by atoms with Gasteiger partial charge in [-0.05, 0) is 24.3 Å². The van der Waals surface area contributed by atoms with Crippen LogP contribution in [-0.2, 0) is 4.74 Å². The summed E-state index contributed by atoms with van der Waals surface area (Å²) < 4.78 is 19.8. The van der Waals surface area contributed by atoms with Crippen LogP contribution in [0.25, 0.3) is 10.9 Å². The Bertz CT molecular complexity index is 935. The van der Waals surface area contributed by atoms with Crippen molar-refractivity contribution in [3.8, 4) is 0 Å². The van der Waals surface area contributed by atoms with Gasteiger partial charge in [0, 0.05) is 17.8 Å². The van der Waals surface area contributed by atoms with Crippen molar-refractivity contribution in [2.75, 3.05) is 12.4 Å². The van der Waals surface area contributed by atoms with E-state index in [9.17, 15) is 14.0 Å². The van der Waals surface area contributed by atoms with Crippen LogP contribution in [-0.4, -0.2) is 28.7 Å². The number of halogens is 2. The summed E-state index contributed by atoms with van der Waals surface area (Å²) in [6.07, 6.45) is 2.19. The minimum Gasteiger partial charge on any atom is -0.453 e. The Labute approximate surface area is 140 Å². The van der Waals surface area contributed by atoms with E-state index in [0.717, 1.165) is 6.07 Å². The average Bonchev–Trinajstić information content (AvgIpc) is 2.99. The lowest BCUT2D eigenvalue weighted by atomic mass is 10.2. The number of methoxy groups -OCH3 is 1. The molecule has 0 radical (unpaired) electrons. The van der Waals surface area contributed by atoms with Gasteiger partial charge in [-0.25, -0.2) is 14.2 Å². The third-order valence-electron chi connectivity index (χ3n) is 3.42. The van der Waals surface area contributed by atoms with Gasteiger partial charge in [0.05, 0.1) is 23.2 Å². The fourth-order valence-corrected chi connectivity index (χ4v) is 2.56. The molecule has 122 valence electrons. The number of hydrogen-bond donors (Lipinski definition) is 1. The molecule has 24 heavy (non-hydrogen) atoms. The molecule has 0 aliphatic heterocycles. The maximum Gasteiger partial charge on any atom is 0.412 e. The zero-order valence-corrected chi connectivity index (χ0v) is 13.2. The monoisotopic (exact) mass is 347 g/mol. The molecule has 0 aliphatic rings. The number of nitrogens with zero attached hydrogens (tertiary/aromatic N) is 2. The molecular formula is C16H11ClFN3O3. The highest BCUT2D eigenvalue weighted by Crippen LogP contribution is 2.26. The molecule has 0 saturated carbocycles. The van der Waals surface area contributed by atoms with Crippen molar-refractivity contribution in [1.29, 1.82) is 0 Å². The molecule has 1 N–H and O–H groups in total. The van der Waals surface area contributed by atoms with Crippen LogP contribution in [0.2, 0.25) is 5.02 Å². The Kier molecular flexibility index (Phi) is 4.18. The first-order valence-corrected chi connectivity index (χ1v) is 7.20. The molecular weight excluding hydrogens is 337 g/mol. The van der Waals surface area contributed by atoms with E-state index in [2.05, 4.69) is 15.0 Å². The molecule has 1 amide bonds. The second-order valence-corrected chi connectivity index (χ2v) is 5.20. The largest absolute Gasteiger partial charge is 0.453 e. The first-order valence-electron chi connectivity index (χ1n) is 6.82. The zero-order chi connectivity index (χ0) is 17.3. The van der Waals surface area contributed by atoms with Gasteiger partial charge in [-0.1, -0.05) is 17.7 Å². The number of carbonyl (C=O) groups excluding carboxylic acids is 2. The van der Waals surface area contributed by atoms with Crippen LogP contribution in [0.1, 0.15) is 10.4 Å². The van der Waals surface area contributed by atoms with Gasteiger partial charge in [0.1, 0.15) is 11.6 Å². The van der Waals surface area contributed by atoms with Gasteiger partial charge in [0.2, 0.25) is 0 Å². The SMILES string of the molecule is COC(=O)Nc1nccc2c1ccn2C(=O)c1c(F)cccc1Cl. The summed E-state index contributed by atoms with van der Waals surface area (Å²) in [6, 6.07) is 7.18. The molecule has 0 saturated heterocycles. The molecule has 0 aliphatic carbocycles. The molecule has 3 aromatic rings. The number of nitrogens with one attached hydrogen (secondary N) is 1. The van der Waals surface area contributed by atoms with Crippen LogP contribution in [0.4, 0.5) is 15.0 Å². The van der Waals surface area contributed by atoms with E-state index >= 15 is 0 Å². The number of amides is 1. The fourth-order valence-electron chi connectivity index (χ4n) is 2.31. The van der Waals surface area contributed by atoms with Crippen molar-refractivity contribution in [3.05, 3.63) is 59.1 Å². The van der Waals surface area contributed by atoms with E-state index in [0.29, 0.717) is 10.9 Å². The van der Waals surface area contributed by atoms with E-state index in [1.54, 1.807) is 12.1 Å². The zero-order valence-electron chi connectivity index (χ0n) is 12.4. The number of ether oxygens (including phenoxy) is 1. The van der Waals surface area contributed by atoms with Crippen LogP contribution in [0.5, 0.6) is 0 Å². The Morgan fingerprint density at radius 2 is 2.08 bits per heavy atom. The maximum atomic E-state index is 14.0. The van der Waals surface area contributed by atoms with Gasteiger partial charge < -0.3 is 4.74 Å². The highest BCUT2D eigenvalue weighted by Gasteiger charge is 2.20. The summed E-state index contributed by atoms with van der Waals surface area (Å²) in [4.78, 5) is 28.1. The molecule has 3 rings (SSSR count). The standard InChI is InChI=1S/C16H11ClFN3O3/c1-24-16(23)20-14-9-6-8-21(12(9)5-7-19-14)15(22)13-10(17)3-2-4-11(13)18/h2-8H,1H3,(H,19,20,23). The van der Waals surface area contributed by atoms with E-state index in [-0.39, 0.29) is 16.4 Å². The highest BCUT2D eigenvalue weighted by atomic mass is 35.5. The second-order valence-electron chi connectivity index (χ2n) is 4.80. The van der Waals surface area contributed by atoms with Crippen molar-refractivity contribution in [2.24, 2.45) is 0 Å². The number of benzene rings is 1. The fraction of sp³-hybridized carbons (Fsp3) is 0.0625. The summed E-state index contributed by atoms with van der Waals surface area (Å²) in [5.41, 5.74) is 0.219. The number of hydrogen-bond acceptors (Lipinski definition) is 4. The quantitative estimate of drug-likeness (QED) is 0.767. The highest BCUT2D eigenvalue weighted by molar-refractivity contribution is 6.34. The summed E-state index contributed by atoms with van der Waals surface area (Å²) in [5, 5.41) is 2.97. The van der Waals surface area contributed by atoms with Crippen LogP contribution >= 0.6 is 11.6 Å². The molecule has 6 nitrogen and oxygen atoms in total. The summed E-state index contributed by atoms with van der Waals surface area (Å²) in [6.45, 7) is 0. The summed E-state index contributed by atoms with van der Waals surface area (Å²) in [5.74, 6) is -1.11. The number of carbonyl (C=O) groups is 2. The van der Waals surface area contributed by atoms with E-state index in [1.165, 1.54) is 36.2 Å². The molecule has 8 heteroatoms. The summed E-state index contributed by atoms with van der Waals surface area (Å²) >= 11 is 5.95. The van der Waals surface area contributed by atoms with Gasteiger partial charge in [0.25, 0.3) is 5.91 Å². The van der Waals surface area contributed by atoms with Gasteiger partial charge in [-0.3, -0.25) is 14.7 Å². The Hall–Kier alpha value is -2.93. The molecule has 2 heterocycles. The molecule has 0 bridgehead atoms. The van der Waals surface area contributed by atoms with Crippen LogP contribution in [0, 0.1) is 5.82 Å². The first kappa shape index (κ1) is 15.9. The van der Waals surface area contributed by atoms with Crippen LogP contribution in [0.15, 0.2) is 42.7 Å². The van der Waals surface area contributed by atoms with Gasteiger partial charge in [-0.2, -0.15) is 0 Å². The number of rotatable bonds is 2. The number of pyridine rings is 1. The molecule has 0 unspecified atom stereocenters. The maximum absolute atomic E-state index is 14.0. The minimum absolute atomic E-state index is 0.0174. The van der Waals surface area contributed by atoms with E-state index < -0.39 is 17.8 Å². The summed E-state index contributed by atoms with van der Waals surface area (Å²) in [7, 11) is 1.23. The first-order chi connectivity index (χ1) is 11.5. The Balaban J connectivity index is 2.10. The smallest absolute Gasteiger partial charge is 0.412 e. The van der Waals surface area contributed by atoms with Crippen molar-refractivity contribution < 1.29 is 18.7 Å². The molecule has 0 fully saturated rings. The number of aromatic nitrogens is 2. The van der Waals surface area contributed by atoms with Crippen molar-refractivity contribution >= 4 is 40.3 Å². The predicted molar refractivity (Wildman–Crippen MR) is 86.9 cm³/mol. The molecule has 0 spiro atoms. The van der Waals surface area contributed by atoms with Crippen LogP contribution in [0.3, 0.4) is 0 Å². The number of anilines is 1. The lowest BCUT2D eigenvalue weighted by molar-refractivity contribution is 0.0961. The number of fused-ring (bicyclic) bond motifs is 1. The van der Waals surface area contributed by atoms with Crippen molar-refractivity contribution in [2.45, 2.75) is 0 Å². The van der Waals surface area contributed by atoms with Gasteiger partial charge in [0.15, 0.2) is 0 Å². The van der Waals surface area contributed by atoms with Gasteiger partial charge >= 0.3 is 6.09 Å². The van der Waals surface area contributed by atoms with E-state index in [1.807, 2.05) is 0 Å². The van der Waals surface area contributed by atoms with Crippen molar-refractivity contribution in [1.82, 2.24) is 9.55 Å². The minimum atomic E-state index is -0.712. The molecule has 2 aromatic heterocycles. The molecule has 1 aromatic carbocycles. The average molecular weight is 348 g/mol. The molecule has 0 atom stereocenters. The third kappa shape index (κ3) is 2.69. The Morgan fingerprint density at radius 1 is 1.29 bits per heavy atom. The van der Waals surface area contributed by atoms with Crippen molar-refractivity contribution in [3.63, 3.8) is 0 Å². The second kappa shape index (κ2) is 6.29. The topological polar surface area (TPSA) is 73.2 Å². The van der Waals surface area contributed by atoms with Gasteiger partial charge in [-0.15, -0.1) is 0 Å². The van der Waals surface area contributed by atoms with E-state index in [4.69, 9.17) is 11.6 Å². The predicted octanol–water partition coefficient (Wildman–Crippen LogP) is 3.70.